The Morgan fingerprint density at radius 1 is 0.970 bits per heavy atom. The number of aromatic nitrogens is 2. The molecule has 33 heavy (non-hydrogen) atoms. The molecule has 0 bridgehead atoms. The monoisotopic (exact) mass is 448 g/mol. The van der Waals surface area contributed by atoms with E-state index in [9.17, 15) is 9.18 Å². The molecule has 1 aliphatic heterocycles. The Labute approximate surface area is 194 Å². The van der Waals surface area contributed by atoms with E-state index in [-0.39, 0.29) is 11.7 Å². The maximum Gasteiger partial charge on any atom is 0.253 e. The second-order valence-electron chi connectivity index (χ2n) is 8.32. The van der Waals surface area contributed by atoms with Gasteiger partial charge < -0.3 is 14.5 Å². The van der Waals surface area contributed by atoms with Gasteiger partial charge in [0.15, 0.2) is 0 Å². The third-order valence-electron chi connectivity index (χ3n) is 6.02. The Hall–Kier alpha value is -3.48. The number of carbonyl (C=O) groups excluding carboxylic acids is 1. The van der Waals surface area contributed by atoms with E-state index in [1.807, 2.05) is 30.9 Å². The summed E-state index contributed by atoms with van der Waals surface area (Å²) in [6, 6.07) is 13.8. The number of carbonyl (C=O) groups is 1. The lowest BCUT2D eigenvalue weighted by atomic mass is 10.0. The van der Waals surface area contributed by atoms with Crippen LogP contribution in [0.3, 0.4) is 0 Å². The topological polar surface area (TPSA) is 58.6 Å². The maximum absolute atomic E-state index is 13.2. The fourth-order valence-corrected chi connectivity index (χ4v) is 4.24. The number of amides is 1. The summed E-state index contributed by atoms with van der Waals surface area (Å²) in [5, 5.41) is 0. The number of hydrogen-bond donors (Lipinski definition) is 0. The second-order valence-corrected chi connectivity index (χ2v) is 8.32. The summed E-state index contributed by atoms with van der Waals surface area (Å²) in [5.41, 5.74) is 3.75. The van der Waals surface area contributed by atoms with Crippen LogP contribution in [-0.2, 0) is 6.42 Å². The van der Waals surface area contributed by atoms with Crippen LogP contribution in [0.2, 0.25) is 0 Å². The first-order valence-corrected chi connectivity index (χ1v) is 11.2. The van der Waals surface area contributed by atoms with Gasteiger partial charge in [0.25, 0.3) is 5.91 Å². The first-order chi connectivity index (χ1) is 15.9. The molecule has 0 radical (unpaired) electrons. The summed E-state index contributed by atoms with van der Waals surface area (Å²) in [7, 11) is 1.66. The van der Waals surface area contributed by atoms with Gasteiger partial charge in [-0.15, -0.1) is 0 Å². The molecule has 172 valence electrons. The summed E-state index contributed by atoms with van der Waals surface area (Å²) < 4.78 is 18.5. The Morgan fingerprint density at radius 3 is 2.39 bits per heavy atom. The molecule has 1 aromatic heterocycles. The van der Waals surface area contributed by atoms with E-state index in [1.165, 1.54) is 12.1 Å². The number of rotatable bonds is 5. The number of benzene rings is 2. The van der Waals surface area contributed by atoms with E-state index in [2.05, 4.69) is 22.0 Å². The highest BCUT2D eigenvalue weighted by molar-refractivity contribution is 5.94. The van der Waals surface area contributed by atoms with Crippen LogP contribution in [0.4, 0.5) is 10.2 Å². The highest BCUT2D eigenvalue weighted by Gasteiger charge is 2.23. The van der Waals surface area contributed by atoms with Gasteiger partial charge in [-0.25, -0.2) is 14.4 Å². The van der Waals surface area contributed by atoms with E-state index in [0.717, 1.165) is 53.6 Å². The third-order valence-corrected chi connectivity index (χ3v) is 6.02. The Kier molecular flexibility index (Phi) is 6.87. The van der Waals surface area contributed by atoms with Crippen LogP contribution in [0.15, 0.2) is 48.5 Å². The van der Waals surface area contributed by atoms with E-state index in [4.69, 9.17) is 9.72 Å². The van der Waals surface area contributed by atoms with Gasteiger partial charge in [-0.05, 0) is 62.2 Å². The lowest BCUT2D eigenvalue weighted by molar-refractivity contribution is 0.0767. The van der Waals surface area contributed by atoms with Crippen molar-refractivity contribution < 1.29 is 13.9 Å². The van der Waals surface area contributed by atoms with Crippen molar-refractivity contribution in [2.24, 2.45) is 0 Å². The minimum atomic E-state index is -0.340. The van der Waals surface area contributed by atoms with E-state index in [0.29, 0.717) is 25.2 Å². The van der Waals surface area contributed by atoms with Gasteiger partial charge in [-0.3, -0.25) is 4.79 Å². The van der Waals surface area contributed by atoms with Crippen molar-refractivity contribution in [3.8, 4) is 5.75 Å². The van der Waals surface area contributed by atoms with Gasteiger partial charge in [0.1, 0.15) is 23.2 Å². The molecule has 0 saturated carbocycles. The number of aryl methyl sites for hydroxylation is 2. The number of hydrogen-bond acceptors (Lipinski definition) is 5. The number of ether oxygens (including phenoxy) is 1. The normalized spacial score (nSPS) is 14.2. The van der Waals surface area contributed by atoms with Crippen LogP contribution in [0, 0.1) is 19.7 Å². The van der Waals surface area contributed by atoms with E-state index < -0.39 is 0 Å². The minimum absolute atomic E-state index is 0.0645. The SMILES string of the molecule is COc1ccc(Cc2c(C)nc(C)nc2N2CCCN(C(=O)c3ccc(F)cc3)CC2)cc1. The molecule has 7 heteroatoms. The van der Waals surface area contributed by atoms with Crippen LogP contribution in [0.5, 0.6) is 5.75 Å². The van der Waals surface area contributed by atoms with Crippen molar-refractivity contribution in [1.82, 2.24) is 14.9 Å². The van der Waals surface area contributed by atoms with Gasteiger partial charge >= 0.3 is 0 Å². The lowest BCUT2D eigenvalue weighted by Gasteiger charge is -2.26. The van der Waals surface area contributed by atoms with Gasteiger partial charge in [0.2, 0.25) is 0 Å². The van der Waals surface area contributed by atoms with Crippen molar-refractivity contribution in [3.05, 3.63) is 82.6 Å². The largest absolute Gasteiger partial charge is 0.497 e. The Bertz CT molecular complexity index is 1120. The third kappa shape index (κ3) is 5.30. The van der Waals surface area contributed by atoms with Crippen molar-refractivity contribution in [1.29, 1.82) is 0 Å². The van der Waals surface area contributed by atoms with Crippen molar-refractivity contribution in [2.75, 3.05) is 38.2 Å². The fraction of sp³-hybridized carbons (Fsp3) is 0.346. The molecule has 0 aliphatic carbocycles. The Balaban J connectivity index is 1.54. The average Bonchev–Trinajstić information content (AvgIpc) is 3.07. The predicted molar refractivity (Wildman–Crippen MR) is 126 cm³/mol. The van der Waals surface area contributed by atoms with Crippen LogP contribution in [0.1, 0.15) is 39.4 Å². The molecular weight excluding hydrogens is 419 g/mol. The number of halogens is 1. The summed E-state index contributed by atoms with van der Waals surface area (Å²) in [4.78, 5) is 26.5. The standard InChI is InChI=1S/C26H29FN4O2/c1-18-24(17-20-5-11-23(33-3)12-6-20)25(29-19(2)28-18)30-13-4-14-31(16-15-30)26(32)21-7-9-22(27)10-8-21/h5-12H,4,13-17H2,1-3H3. The fourth-order valence-electron chi connectivity index (χ4n) is 4.24. The average molecular weight is 449 g/mol. The molecule has 0 spiro atoms. The first-order valence-electron chi connectivity index (χ1n) is 11.2. The smallest absolute Gasteiger partial charge is 0.253 e. The first kappa shape index (κ1) is 22.7. The molecule has 3 aromatic rings. The molecule has 4 rings (SSSR count). The summed E-state index contributed by atoms with van der Waals surface area (Å²) in [6.45, 7) is 6.66. The lowest BCUT2D eigenvalue weighted by Crippen LogP contribution is -2.35. The zero-order valence-electron chi connectivity index (χ0n) is 19.3. The summed E-state index contributed by atoms with van der Waals surface area (Å²) in [6.07, 6.45) is 1.55. The van der Waals surface area contributed by atoms with Crippen molar-refractivity contribution in [3.63, 3.8) is 0 Å². The highest BCUT2D eigenvalue weighted by Crippen LogP contribution is 2.26. The molecular formula is C26H29FN4O2. The Morgan fingerprint density at radius 2 is 1.70 bits per heavy atom. The van der Waals surface area contributed by atoms with Gasteiger partial charge in [-0.2, -0.15) is 0 Å². The van der Waals surface area contributed by atoms with Crippen LogP contribution < -0.4 is 9.64 Å². The van der Waals surface area contributed by atoms with Crippen LogP contribution in [0.25, 0.3) is 0 Å². The van der Waals surface area contributed by atoms with Crippen LogP contribution >= 0.6 is 0 Å². The van der Waals surface area contributed by atoms with E-state index in [1.54, 1.807) is 19.2 Å². The summed E-state index contributed by atoms with van der Waals surface area (Å²) >= 11 is 0. The molecule has 6 nitrogen and oxygen atoms in total. The molecule has 1 amide bonds. The molecule has 1 fully saturated rings. The molecule has 1 aliphatic rings. The predicted octanol–water partition coefficient (Wildman–Crippen LogP) is 4.18. The number of methoxy groups -OCH3 is 1. The number of nitrogens with zero attached hydrogens (tertiary/aromatic N) is 4. The molecule has 1 saturated heterocycles. The zero-order chi connectivity index (χ0) is 23.4. The molecule has 0 atom stereocenters. The summed E-state index contributed by atoms with van der Waals surface area (Å²) in [5.74, 6) is 2.10. The van der Waals surface area contributed by atoms with Crippen LogP contribution in [-0.4, -0.2) is 54.1 Å². The molecule has 2 aromatic carbocycles. The molecule has 0 N–H and O–H groups in total. The molecule has 2 heterocycles. The van der Waals surface area contributed by atoms with Crippen molar-refractivity contribution in [2.45, 2.75) is 26.7 Å². The van der Waals surface area contributed by atoms with Crippen molar-refractivity contribution >= 4 is 11.7 Å². The number of anilines is 1. The highest BCUT2D eigenvalue weighted by atomic mass is 19.1. The zero-order valence-corrected chi connectivity index (χ0v) is 19.3. The molecule has 0 unspecified atom stereocenters. The quantitative estimate of drug-likeness (QED) is 0.586. The van der Waals surface area contributed by atoms with E-state index >= 15 is 0 Å². The maximum atomic E-state index is 13.2. The van der Waals surface area contributed by atoms with Gasteiger partial charge in [0.05, 0.1) is 7.11 Å². The van der Waals surface area contributed by atoms with Gasteiger partial charge in [0, 0.05) is 49.4 Å². The minimum Gasteiger partial charge on any atom is -0.497 e. The van der Waals surface area contributed by atoms with Gasteiger partial charge in [-0.1, -0.05) is 12.1 Å². The second kappa shape index (κ2) is 9.98.